The number of rotatable bonds is 3. The first-order valence-electron chi connectivity index (χ1n) is 9.86. The van der Waals surface area contributed by atoms with Gasteiger partial charge in [-0.3, -0.25) is 9.59 Å². The molecule has 2 heterocycles. The van der Waals surface area contributed by atoms with Gasteiger partial charge in [0.1, 0.15) is 0 Å². The van der Waals surface area contributed by atoms with E-state index in [0.717, 1.165) is 27.9 Å². The topological polar surface area (TPSA) is 62.3 Å². The Hall–Kier alpha value is -2.94. The van der Waals surface area contributed by atoms with Crippen molar-refractivity contribution >= 4 is 38.5 Å². The third-order valence-electron chi connectivity index (χ3n) is 5.46. The van der Waals surface area contributed by atoms with Gasteiger partial charge in [0.15, 0.2) is 5.13 Å². The SMILES string of the molecule is Cc1cccc2sc(NC(=O)C3CCN(C(=O)c4ccc(C(F)(F)F)cc4)CC3)nc12. The van der Waals surface area contributed by atoms with Crippen LogP contribution in [-0.2, 0) is 11.0 Å². The van der Waals surface area contributed by atoms with E-state index >= 15 is 0 Å². The Morgan fingerprint density at radius 3 is 2.39 bits per heavy atom. The molecule has 0 aliphatic carbocycles. The van der Waals surface area contributed by atoms with E-state index < -0.39 is 11.7 Å². The number of nitrogens with zero attached hydrogens (tertiary/aromatic N) is 2. The molecule has 0 spiro atoms. The summed E-state index contributed by atoms with van der Waals surface area (Å²) < 4.78 is 39.1. The number of carbonyl (C=O) groups excluding carboxylic acids is 2. The molecule has 162 valence electrons. The first-order valence-corrected chi connectivity index (χ1v) is 10.7. The molecule has 2 amide bonds. The normalized spacial score (nSPS) is 15.3. The number of carbonyl (C=O) groups is 2. The van der Waals surface area contributed by atoms with Crippen molar-refractivity contribution in [2.75, 3.05) is 18.4 Å². The Morgan fingerprint density at radius 2 is 1.77 bits per heavy atom. The smallest absolute Gasteiger partial charge is 0.339 e. The summed E-state index contributed by atoms with van der Waals surface area (Å²) >= 11 is 1.42. The summed E-state index contributed by atoms with van der Waals surface area (Å²) in [6.07, 6.45) is -3.46. The number of para-hydroxylation sites is 1. The Balaban J connectivity index is 1.34. The molecular weight excluding hydrogens is 427 g/mol. The summed E-state index contributed by atoms with van der Waals surface area (Å²) in [5.74, 6) is -0.697. The summed E-state index contributed by atoms with van der Waals surface area (Å²) in [6, 6.07) is 10.1. The van der Waals surface area contributed by atoms with Crippen molar-refractivity contribution in [3.63, 3.8) is 0 Å². The number of amides is 2. The average molecular weight is 447 g/mol. The summed E-state index contributed by atoms with van der Waals surface area (Å²) in [7, 11) is 0. The molecular formula is C22H20F3N3O2S. The number of benzene rings is 2. The number of aromatic nitrogens is 1. The maximum atomic E-state index is 12.7. The number of thiazole rings is 1. The number of likely N-dealkylation sites (tertiary alicyclic amines) is 1. The second-order valence-corrected chi connectivity index (χ2v) is 8.60. The molecule has 0 bridgehead atoms. The standard InChI is InChI=1S/C22H20F3N3O2S/c1-13-3-2-4-17-18(13)26-21(31-17)27-19(29)14-9-11-28(12-10-14)20(30)15-5-7-16(8-6-15)22(23,24)25/h2-8,14H,9-12H2,1H3,(H,26,27,29). The Bertz CT molecular complexity index is 1120. The highest BCUT2D eigenvalue weighted by Crippen LogP contribution is 2.30. The van der Waals surface area contributed by atoms with Gasteiger partial charge in [-0.1, -0.05) is 23.5 Å². The van der Waals surface area contributed by atoms with Gasteiger partial charge in [0.25, 0.3) is 5.91 Å². The molecule has 4 rings (SSSR count). The molecule has 1 N–H and O–H groups in total. The van der Waals surface area contributed by atoms with Gasteiger partial charge in [-0.15, -0.1) is 0 Å². The Morgan fingerprint density at radius 1 is 1.10 bits per heavy atom. The zero-order valence-corrected chi connectivity index (χ0v) is 17.5. The number of nitrogens with one attached hydrogen (secondary N) is 1. The van der Waals surface area contributed by atoms with Gasteiger partial charge in [0.2, 0.25) is 5.91 Å². The molecule has 0 atom stereocenters. The summed E-state index contributed by atoms with van der Waals surface area (Å²) in [5.41, 5.74) is 1.34. The number of aryl methyl sites for hydroxylation is 1. The lowest BCUT2D eigenvalue weighted by atomic mass is 9.95. The van der Waals surface area contributed by atoms with Crippen LogP contribution in [0, 0.1) is 12.8 Å². The monoisotopic (exact) mass is 447 g/mol. The van der Waals surface area contributed by atoms with Crippen LogP contribution in [0.25, 0.3) is 10.2 Å². The quantitative estimate of drug-likeness (QED) is 0.607. The predicted octanol–water partition coefficient (Wildman–Crippen LogP) is 5.11. The van der Waals surface area contributed by atoms with Crippen molar-refractivity contribution < 1.29 is 22.8 Å². The molecule has 5 nitrogen and oxygen atoms in total. The minimum absolute atomic E-state index is 0.127. The van der Waals surface area contributed by atoms with Crippen LogP contribution in [0.4, 0.5) is 18.3 Å². The van der Waals surface area contributed by atoms with E-state index in [9.17, 15) is 22.8 Å². The Kier molecular flexibility index (Phi) is 5.70. The third-order valence-corrected chi connectivity index (χ3v) is 6.40. The molecule has 1 fully saturated rings. The lowest BCUT2D eigenvalue weighted by molar-refractivity contribution is -0.137. The number of anilines is 1. The first-order chi connectivity index (χ1) is 14.7. The molecule has 1 saturated heterocycles. The first kappa shape index (κ1) is 21.3. The molecule has 2 aromatic carbocycles. The van der Waals surface area contributed by atoms with E-state index in [1.165, 1.54) is 23.5 Å². The van der Waals surface area contributed by atoms with Crippen LogP contribution in [0.15, 0.2) is 42.5 Å². The maximum absolute atomic E-state index is 12.7. The van der Waals surface area contributed by atoms with E-state index in [4.69, 9.17) is 0 Å². The molecule has 31 heavy (non-hydrogen) atoms. The van der Waals surface area contributed by atoms with Crippen LogP contribution in [0.2, 0.25) is 0 Å². The highest BCUT2D eigenvalue weighted by molar-refractivity contribution is 7.22. The third kappa shape index (κ3) is 4.56. The minimum atomic E-state index is -4.44. The van der Waals surface area contributed by atoms with Gasteiger partial charge in [0.05, 0.1) is 15.8 Å². The highest BCUT2D eigenvalue weighted by atomic mass is 32.1. The van der Waals surface area contributed by atoms with Crippen molar-refractivity contribution in [1.82, 2.24) is 9.88 Å². The van der Waals surface area contributed by atoms with Crippen molar-refractivity contribution in [3.8, 4) is 0 Å². The Labute approximate surface area is 180 Å². The molecule has 3 aromatic rings. The number of fused-ring (bicyclic) bond motifs is 1. The second-order valence-electron chi connectivity index (χ2n) is 7.57. The van der Waals surface area contributed by atoms with Crippen LogP contribution >= 0.6 is 11.3 Å². The van der Waals surface area contributed by atoms with E-state index in [2.05, 4.69) is 10.3 Å². The van der Waals surface area contributed by atoms with Crippen molar-refractivity contribution in [2.24, 2.45) is 5.92 Å². The largest absolute Gasteiger partial charge is 0.416 e. The van der Waals surface area contributed by atoms with Gasteiger partial charge in [0, 0.05) is 24.6 Å². The minimum Gasteiger partial charge on any atom is -0.339 e. The molecule has 0 unspecified atom stereocenters. The molecule has 0 radical (unpaired) electrons. The van der Waals surface area contributed by atoms with Crippen LogP contribution < -0.4 is 5.32 Å². The number of piperidine rings is 1. The molecule has 1 aromatic heterocycles. The van der Waals surface area contributed by atoms with Crippen LogP contribution in [0.5, 0.6) is 0 Å². The lowest BCUT2D eigenvalue weighted by Gasteiger charge is -2.31. The summed E-state index contributed by atoms with van der Waals surface area (Å²) in [4.78, 5) is 31.3. The van der Waals surface area contributed by atoms with Gasteiger partial charge in [-0.2, -0.15) is 13.2 Å². The lowest BCUT2D eigenvalue weighted by Crippen LogP contribution is -2.41. The number of halogens is 3. The number of hydrogen-bond donors (Lipinski definition) is 1. The molecule has 1 aliphatic heterocycles. The number of alkyl halides is 3. The van der Waals surface area contributed by atoms with Gasteiger partial charge >= 0.3 is 6.18 Å². The van der Waals surface area contributed by atoms with Gasteiger partial charge in [-0.05, 0) is 55.7 Å². The van der Waals surface area contributed by atoms with E-state index in [-0.39, 0.29) is 23.3 Å². The summed E-state index contributed by atoms with van der Waals surface area (Å²) in [5, 5.41) is 3.44. The fourth-order valence-corrected chi connectivity index (χ4v) is 4.62. The van der Waals surface area contributed by atoms with Crippen LogP contribution in [-0.4, -0.2) is 34.8 Å². The zero-order chi connectivity index (χ0) is 22.2. The van der Waals surface area contributed by atoms with E-state index in [1.54, 1.807) is 4.90 Å². The van der Waals surface area contributed by atoms with Crippen molar-refractivity contribution in [3.05, 3.63) is 59.2 Å². The fourth-order valence-electron chi connectivity index (χ4n) is 3.68. The molecule has 9 heteroatoms. The second kappa shape index (κ2) is 8.30. The summed E-state index contributed by atoms with van der Waals surface area (Å²) in [6.45, 7) is 2.71. The van der Waals surface area contributed by atoms with Crippen LogP contribution in [0.1, 0.15) is 34.3 Å². The molecule has 0 saturated carbocycles. The maximum Gasteiger partial charge on any atom is 0.416 e. The van der Waals surface area contributed by atoms with Gasteiger partial charge in [-0.25, -0.2) is 4.98 Å². The predicted molar refractivity (Wildman–Crippen MR) is 113 cm³/mol. The number of hydrogen-bond acceptors (Lipinski definition) is 4. The van der Waals surface area contributed by atoms with Crippen LogP contribution in [0.3, 0.4) is 0 Å². The highest BCUT2D eigenvalue weighted by Gasteiger charge is 2.31. The average Bonchev–Trinajstić information content (AvgIpc) is 3.16. The van der Waals surface area contributed by atoms with E-state index in [1.807, 2.05) is 25.1 Å². The zero-order valence-electron chi connectivity index (χ0n) is 16.7. The fraction of sp³-hybridized carbons (Fsp3) is 0.318. The van der Waals surface area contributed by atoms with Crippen molar-refractivity contribution in [1.29, 1.82) is 0 Å². The van der Waals surface area contributed by atoms with E-state index in [0.29, 0.717) is 31.1 Å². The molecule has 1 aliphatic rings. The van der Waals surface area contributed by atoms with Gasteiger partial charge < -0.3 is 10.2 Å². The van der Waals surface area contributed by atoms with Crippen molar-refractivity contribution in [2.45, 2.75) is 25.9 Å².